The van der Waals surface area contributed by atoms with Gasteiger partial charge in [0.05, 0.1) is 32.5 Å². The first-order valence-corrected chi connectivity index (χ1v) is 5.68. The normalized spacial score (nSPS) is 14.6. The average molecular weight is 251 g/mol. The quantitative estimate of drug-likeness (QED) is 0.535. The van der Waals surface area contributed by atoms with Gasteiger partial charge in [-0.15, -0.1) is 0 Å². The van der Waals surface area contributed by atoms with Crippen LogP contribution in [0.25, 0.3) is 0 Å². The minimum atomic E-state index is -1.14. The number of carbonyl (C=O) groups is 1. The number of carbonyl (C=O) groups excluding carboxylic acids is 1. The number of rotatable bonds is 11. The molecule has 0 rings (SSSR count). The van der Waals surface area contributed by atoms with Gasteiger partial charge in [0, 0.05) is 6.54 Å². The number of alkyl halides is 1. The number of ether oxygens (including phenoxy) is 3. The Labute approximate surface area is 101 Å². The third-order valence-corrected chi connectivity index (χ3v) is 2.02. The van der Waals surface area contributed by atoms with E-state index in [0.29, 0.717) is 26.4 Å². The Morgan fingerprint density at radius 1 is 1.24 bits per heavy atom. The molecule has 0 bridgehead atoms. The van der Waals surface area contributed by atoms with Crippen LogP contribution in [-0.2, 0) is 19.0 Å². The molecule has 0 aromatic heterocycles. The van der Waals surface area contributed by atoms with Gasteiger partial charge >= 0.3 is 0 Å². The van der Waals surface area contributed by atoms with Crippen LogP contribution in [-0.4, -0.2) is 57.6 Å². The summed E-state index contributed by atoms with van der Waals surface area (Å²) in [5, 5.41) is 0. The van der Waals surface area contributed by atoms with E-state index in [1.54, 1.807) is 6.92 Å². The van der Waals surface area contributed by atoms with Crippen LogP contribution < -0.4 is 5.73 Å². The summed E-state index contributed by atoms with van der Waals surface area (Å²) in [6.07, 6.45) is -1.66. The fraction of sp³-hybridized carbons (Fsp3) is 0.909. The van der Waals surface area contributed by atoms with E-state index in [0.717, 1.165) is 0 Å². The van der Waals surface area contributed by atoms with Crippen LogP contribution >= 0.6 is 0 Å². The highest BCUT2D eigenvalue weighted by Gasteiger charge is 2.14. The van der Waals surface area contributed by atoms with Gasteiger partial charge in [0.25, 0.3) is 0 Å². The monoisotopic (exact) mass is 251 g/mol. The van der Waals surface area contributed by atoms with Gasteiger partial charge in [-0.05, 0) is 13.8 Å². The molecule has 102 valence electrons. The lowest BCUT2D eigenvalue weighted by Gasteiger charge is -2.15. The summed E-state index contributed by atoms with van der Waals surface area (Å²) in [5.74, 6) is -0.0158. The Bertz CT molecular complexity index is 204. The molecule has 0 spiro atoms. The van der Waals surface area contributed by atoms with Crippen LogP contribution in [0.5, 0.6) is 0 Å². The van der Waals surface area contributed by atoms with Gasteiger partial charge in [-0.2, -0.15) is 0 Å². The maximum atomic E-state index is 12.9. The van der Waals surface area contributed by atoms with Crippen LogP contribution in [0.4, 0.5) is 4.39 Å². The molecule has 6 heteroatoms. The molecule has 0 amide bonds. The molecule has 5 nitrogen and oxygen atoms in total. The van der Waals surface area contributed by atoms with Gasteiger partial charge in [0.1, 0.15) is 12.8 Å². The SMILES string of the molecule is CC(=O)COCCOCCOC(C)C(F)CN. The second-order valence-corrected chi connectivity index (χ2v) is 3.69. The summed E-state index contributed by atoms with van der Waals surface area (Å²) in [6.45, 7) is 4.59. The molecule has 2 unspecified atom stereocenters. The Hall–Kier alpha value is -0.560. The number of nitrogens with two attached hydrogens (primary N) is 1. The zero-order valence-corrected chi connectivity index (χ0v) is 10.5. The molecular formula is C11H22FNO4. The summed E-state index contributed by atoms with van der Waals surface area (Å²) in [5.41, 5.74) is 5.15. The second-order valence-electron chi connectivity index (χ2n) is 3.69. The van der Waals surface area contributed by atoms with E-state index >= 15 is 0 Å². The molecule has 0 fully saturated rings. The van der Waals surface area contributed by atoms with Gasteiger partial charge in [0.15, 0.2) is 5.78 Å². The highest BCUT2D eigenvalue weighted by Crippen LogP contribution is 2.01. The van der Waals surface area contributed by atoms with Gasteiger partial charge in [-0.1, -0.05) is 0 Å². The van der Waals surface area contributed by atoms with Crippen LogP contribution in [0.2, 0.25) is 0 Å². The second kappa shape index (κ2) is 10.6. The van der Waals surface area contributed by atoms with Crippen LogP contribution in [0.15, 0.2) is 0 Å². The number of ketones is 1. The summed E-state index contributed by atoms with van der Waals surface area (Å²) < 4.78 is 28.2. The Kier molecular flexibility index (Phi) is 10.2. The van der Waals surface area contributed by atoms with E-state index in [1.165, 1.54) is 6.92 Å². The van der Waals surface area contributed by atoms with Crippen molar-refractivity contribution in [3.63, 3.8) is 0 Å². The fourth-order valence-electron chi connectivity index (χ4n) is 1.02. The van der Waals surface area contributed by atoms with E-state index in [9.17, 15) is 9.18 Å². The first kappa shape index (κ1) is 16.4. The highest BCUT2D eigenvalue weighted by atomic mass is 19.1. The lowest BCUT2D eigenvalue weighted by atomic mass is 10.2. The van der Waals surface area contributed by atoms with Gasteiger partial charge in [-0.25, -0.2) is 4.39 Å². The van der Waals surface area contributed by atoms with Crippen molar-refractivity contribution in [2.24, 2.45) is 5.73 Å². The van der Waals surface area contributed by atoms with Crippen molar-refractivity contribution in [1.29, 1.82) is 0 Å². The third kappa shape index (κ3) is 10.3. The predicted octanol–water partition coefficient (Wildman–Crippen LogP) is 0.311. The van der Waals surface area contributed by atoms with Crippen LogP contribution in [0.1, 0.15) is 13.8 Å². The zero-order chi connectivity index (χ0) is 13.1. The molecule has 0 saturated heterocycles. The molecule has 0 aliphatic rings. The van der Waals surface area contributed by atoms with Crippen molar-refractivity contribution in [2.75, 3.05) is 39.6 Å². The molecule has 0 saturated carbocycles. The van der Waals surface area contributed by atoms with Crippen molar-refractivity contribution >= 4 is 5.78 Å². The zero-order valence-electron chi connectivity index (χ0n) is 10.5. The predicted molar refractivity (Wildman–Crippen MR) is 61.7 cm³/mol. The molecule has 0 aliphatic heterocycles. The smallest absolute Gasteiger partial charge is 0.155 e. The van der Waals surface area contributed by atoms with Crippen LogP contribution in [0.3, 0.4) is 0 Å². The summed E-state index contributed by atoms with van der Waals surface area (Å²) >= 11 is 0. The van der Waals surface area contributed by atoms with E-state index in [4.69, 9.17) is 19.9 Å². The lowest BCUT2D eigenvalue weighted by Crippen LogP contribution is -2.30. The van der Waals surface area contributed by atoms with Gasteiger partial charge < -0.3 is 19.9 Å². The summed E-state index contributed by atoms with van der Waals surface area (Å²) in [7, 11) is 0. The maximum absolute atomic E-state index is 12.9. The number of hydrogen-bond acceptors (Lipinski definition) is 5. The molecule has 17 heavy (non-hydrogen) atoms. The molecular weight excluding hydrogens is 229 g/mol. The molecule has 2 atom stereocenters. The minimum Gasteiger partial charge on any atom is -0.377 e. The van der Waals surface area contributed by atoms with Crippen molar-refractivity contribution in [3.8, 4) is 0 Å². The van der Waals surface area contributed by atoms with Gasteiger partial charge in [0.2, 0.25) is 0 Å². The average Bonchev–Trinajstić information content (AvgIpc) is 2.30. The first-order chi connectivity index (χ1) is 8.07. The highest BCUT2D eigenvalue weighted by molar-refractivity contribution is 5.76. The molecule has 0 heterocycles. The topological polar surface area (TPSA) is 70.8 Å². The van der Waals surface area contributed by atoms with Crippen molar-refractivity contribution in [3.05, 3.63) is 0 Å². The van der Waals surface area contributed by atoms with E-state index in [2.05, 4.69) is 0 Å². The van der Waals surface area contributed by atoms with E-state index in [-0.39, 0.29) is 18.9 Å². The Balaban J connectivity index is 3.21. The first-order valence-electron chi connectivity index (χ1n) is 5.68. The lowest BCUT2D eigenvalue weighted by molar-refractivity contribution is -0.122. The molecule has 2 N–H and O–H groups in total. The Morgan fingerprint density at radius 3 is 2.41 bits per heavy atom. The minimum absolute atomic E-state index is 0.0158. The van der Waals surface area contributed by atoms with Crippen molar-refractivity contribution in [2.45, 2.75) is 26.1 Å². The molecule has 0 aliphatic carbocycles. The molecule has 0 radical (unpaired) electrons. The Morgan fingerprint density at radius 2 is 1.82 bits per heavy atom. The van der Waals surface area contributed by atoms with Gasteiger partial charge in [-0.3, -0.25) is 4.79 Å². The molecule has 0 aromatic rings. The third-order valence-electron chi connectivity index (χ3n) is 2.02. The van der Waals surface area contributed by atoms with Crippen molar-refractivity contribution < 1.29 is 23.4 Å². The summed E-state index contributed by atoms with van der Waals surface area (Å²) in [4.78, 5) is 10.5. The number of Topliss-reactive ketones (excluding diaryl/α,β-unsaturated/α-hetero) is 1. The van der Waals surface area contributed by atoms with E-state index in [1.807, 2.05) is 0 Å². The van der Waals surface area contributed by atoms with Crippen LogP contribution in [0, 0.1) is 0 Å². The fourth-order valence-corrected chi connectivity index (χ4v) is 1.02. The molecule has 0 aromatic carbocycles. The number of hydrogen-bond donors (Lipinski definition) is 1. The largest absolute Gasteiger partial charge is 0.377 e. The van der Waals surface area contributed by atoms with E-state index < -0.39 is 12.3 Å². The standard InChI is InChI=1S/C11H22FNO4/c1-9(14)8-16-4-3-15-5-6-17-10(2)11(12)7-13/h10-11H,3-8,13H2,1-2H3. The number of halogens is 1. The maximum Gasteiger partial charge on any atom is 0.155 e. The summed E-state index contributed by atoms with van der Waals surface area (Å²) in [6, 6.07) is 0. The van der Waals surface area contributed by atoms with Crippen molar-refractivity contribution in [1.82, 2.24) is 0 Å².